The van der Waals surface area contributed by atoms with E-state index in [4.69, 9.17) is 5.73 Å². The summed E-state index contributed by atoms with van der Waals surface area (Å²) in [6, 6.07) is 7.94. The second-order valence-corrected chi connectivity index (χ2v) is 7.23. The van der Waals surface area contributed by atoms with Crippen molar-refractivity contribution in [3.05, 3.63) is 36.2 Å². The van der Waals surface area contributed by atoms with Crippen LogP contribution in [-0.2, 0) is 11.2 Å². The zero-order chi connectivity index (χ0) is 18.8. The van der Waals surface area contributed by atoms with Crippen LogP contribution in [-0.4, -0.2) is 39.0 Å². The SMILES string of the molecule is CCc1cc(NC2CCC3NNC(C(N)=O)C3C2)nc(-c2ccccn2)n1. The van der Waals surface area contributed by atoms with Crippen LogP contribution < -0.4 is 21.9 Å². The number of carbonyl (C=O) groups excluding carboxylic acids is 1. The first-order valence-corrected chi connectivity index (χ1v) is 9.50. The predicted octanol–water partition coefficient (Wildman–Crippen LogP) is 1.01. The van der Waals surface area contributed by atoms with E-state index in [1.807, 2.05) is 24.3 Å². The highest BCUT2D eigenvalue weighted by molar-refractivity contribution is 5.80. The van der Waals surface area contributed by atoms with E-state index in [-0.39, 0.29) is 23.9 Å². The van der Waals surface area contributed by atoms with Crippen molar-refractivity contribution in [1.29, 1.82) is 0 Å². The Morgan fingerprint density at radius 3 is 2.93 bits per heavy atom. The lowest BCUT2D eigenvalue weighted by Gasteiger charge is -2.33. The van der Waals surface area contributed by atoms with Crippen LogP contribution in [0.1, 0.15) is 31.9 Å². The molecule has 1 amide bonds. The van der Waals surface area contributed by atoms with Gasteiger partial charge in [0.15, 0.2) is 5.82 Å². The van der Waals surface area contributed by atoms with Crippen molar-refractivity contribution >= 4 is 11.7 Å². The Kier molecular flexibility index (Phi) is 5.00. The Bertz CT molecular complexity index is 813. The van der Waals surface area contributed by atoms with Crippen LogP contribution in [0, 0.1) is 5.92 Å². The number of amides is 1. The van der Waals surface area contributed by atoms with E-state index < -0.39 is 0 Å². The number of rotatable bonds is 5. The van der Waals surface area contributed by atoms with Crippen LogP contribution in [0.4, 0.5) is 5.82 Å². The standard InChI is InChI=1S/C19H25N7O/c1-2-11-10-16(24-19(23-11)15-5-3-4-8-21-15)22-12-6-7-14-13(9-12)17(18(20)27)26-25-14/h3-5,8,10,12-14,17,25-26H,2,6-7,9H2,1H3,(H2,20,27)(H,22,23,24). The zero-order valence-electron chi connectivity index (χ0n) is 15.4. The smallest absolute Gasteiger partial charge is 0.236 e. The summed E-state index contributed by atoms with van der Waals surface area (Å²) in [5, 5.41) is 3.55. The molecule has 2 fully saturated rings. The number of aromatic nitrogens is 3. The minimum atomic E-state index is -0.319. The third-order valence-corrected chi connectivity index (χ3v) is 5.45. The fourth-order valence-corrected chi connectivity index (χ4v) is 4.04. The molecule has 5 N–H and O–H groups in total. The highest BCUT2D eigenvalue weighted by Gasteiger charge is 2.42. The summed E-state index contributed by atoms with van der Waals surface area (Å²) in [5.41, 5.74) is 13.5. The molecule has 27 heavy (non-hydrogen) atoms. The zero-order valence-corrected chi connectivity index (χ0v) is 15.4. The van der Waals surface area contributed by atoms with Crippen LogP contribution in [0.3, 0.4) is 0 Å². The van der Waals surface area contributed by atoms with Crippen molar-refractivity contribution in [2.45, 2.75) is 50.7 Å². The summed E-state index contributed by atoms with van der Waals surface area (Å²) in [4.78, 5) is 25.3. The fraction of sp³-hybridized carbons (Fsp3) is 0.474. The van der Waals surface area contributed by atoms with E-state index in [1.54, 1.807) is 6.20 Å². The molecule has 1 aliphatic heterocycles. The van der Waals surface area contributed by atoms with Crippen molar-refractivity contribution in [2.24, 2.45) is 11.7 Å². The average molecular weight is 367 g/mol. The molecule has 3 heterocycles. The van der Waals surface area contributed by atoms with Gasteiger partial charge in [-0.05, 0) is 37.8 Å². The van der Waals surface area contributed by atoms with Crippen LogP contribution in [0.2, 0.25) is 0 Å². The van der Waals surface area contributed by atoms with Crippen LogP contribution in [0.5, 0.6) is 0 Å². The number of hydrazine groups is 1. The van der Waals surface area contributed by atoms with Gasteiger partial charge in [-0.1, -0.05) is 13.0 Å². The Labute approximate surface area is 158 Å². The molecule has 0 radical (unpaired) electrons. The first-order valence-electron chi connectivity index (χ1n) is 9.50. The maximum absolute atomic E-state index is 11.7. The molecule has 0 spiro atoms. The number of primary amides is 1. The Hall–Kier alpha value is -2.58. The van der Waals surface area contributed by atoms with Gasteiger partial charge in [0.2, 0.25) is 5.91 Å². The quantitative estimate of drug-likeness (QED) is 0.623. The van der Waals surface area contributed by atoms with Gasteiger partial charge in [-0.15, -0.1) is 0 Å². The summed E-state index contributed by atoms with van der Waals surface area (Å²) < 4.78 is 0. The lowest BCUT2D eigenvalue weighted by molar-refractivity contribution is -0.120. The minimum Gasteiger partial charge on any atom is -0.368 e. The molecule has 2 aromatic heterocycles. The topological polar surface area (TPSA) is 118 Å². The predicted molar refractivity (Wildman–Crippen MR) is 102 cm³/mol. The molecular weight excluding hydrogens is 342 g/mol. The van der Waals surface area contributed by atoms with E-state index in [0.29, 0.717) is 11.9 Å². The van der Waals surface area contributed by atoms with Gasteiger partial charge in [0.05, 0.1) is 0 Å². The van der Waals surface area contributed by atoms with Gasteiger partial charge < -0.3 is 11.1 Å². The maximum atomic E-state index is 11.7. The van der Waals surface area contributed by atoms with Crippen LogP contribution in [0.25, 0.3) is 11.5 Å². The molecule has 4 unspecified atom stereocenters. The van der Waals surface area contributed by atoms with E-state index >= 15 is 0 Å². The second kappa shape index (κ2) is 7.58. The first-order chi connectivity index (χ1) is 13.1. The normalized spacial score (nSPS) is 27.1. The summed E-state index contributed by atoms with van der Waals surface area (Å²) >= 11 is 0. The molecule has 0 bridgehead atoms. The number of hydrogen-bond donors (Lipinski definition) is 4. The molecular formula is C19H25N7O. The highest BCUT2D eigenvalue weighted by Crippen LogP contribution is 2.32. The molecule has 1 saturated heterocycles. The summed E-state index contributed by atoms with van der Waals surface area (Å²) in [7, 11) is 0. The second-order valence-electron chi connectivity index (χ2n) is 7.23. The number of aryl methyl sites for hydroxylation is 1. The number of anilines is 1. The van der Waals surface area contributed by atoms with Crippen molar-refractivity contribution in [3.63, 3.8) is 0 Å². The Morgan fingerprint density at radius 2 is 2.19 bits per heavy atom. The molecule has 8 nitrogen and oxygen atoms in total. The van der Waals surface area contributed by atoms with E-state index in [9.17, 15) is 4.79 Å². The molecule has 2 aliphatic rings. The molecule has 1 aliphatic carbocycles. The van der Waals surface area contributed by atoms with Crippen LogP contribution in [0.15, 0.2) is 30.5 Å². The average Bonchev–Trinajstić information content (AvgIpc) is 3.12. The van der Waals surface area contributed by atoms with E-state index in [0.717, 1.165) is 42.9 Å². The number of hydrogen-bond acceptors (Lipinski definition) is 7. The number of pyridine rings is 1. The molecule has 4 atom stereocenters. The fourth-order valence-electron chi connectivity index (χ4n) is 4.04. The summed E-state index contributed by atoms with van der Waals surface area (Å²) in [6.45, 7) is 2.08. The lowest BCUT2D eigenvalue weighted by Crippen LogP contribution is -2.44. The van der Waals surface area contributed by atoms with Crippen molar-refractivity contribution in [2.75, 3.05) is 5.32 Å². The lowest BCUT2D eigenvalue weighted by atomic mass is 9.79. The highest BCUT2D eigenvalue weighted by atomic mass is 16.1. The van der Waals surface area contributed by atoms with Crippen molar-refractivity contribution in [3.8, 4) is 11.5 Å². The molecule has 0 aromatic carbocycles. The third kappa shape index (κ3) is 3.77. The summed E-state index contributed by atoms with van der Waals surface area (Å²) in [5.74, 6) is 1.32. The summed E-state index contributed by atoms with van der Waals surface area (Å²) in [6.07, 6.45) is 5.42. The van der Waals surface area contributed by atoms with Gasteiger partial charge in [-0.3, -0.25) is 15.2 Å². The number of fused-ring (bicyclic) bond motifs is 1. The van der Waals surface area contributed by atoms with Gasteiger partial charge >= 0.3 is 0 Å². The van der Waals surface area contributed by atoms with Crippen molar-refractivity contribution < 1.29 is 4.79 Å². The van der Waals surface area contributed by atoms with E-state index in [2.05, 4.69) is 38.0 Å². The molecule has 2 aromatic rings. The third-order valence-electron chi connectivity index (χ3n) is 5.45. The number of nitrogens with zero attached hydrogens (tertiary/aromatic N) is 3. The Morgan fingerprint density at radius 1 is 1.30 bits per heavy atom. The number of nitrogens with one attached hydrogen (secondary N) is 3. The van der Waals surface area contributed by atoms with E-state index in [1.165, 1.54) is 0 Å². The van der Waals surface area contributed by atoms with Gasteiger partial charge in [0.25, 0.3) is 0 Å². The van der Waals surface area contributed by atoms with Gasteiger partial charge in [0.1, 0.15) is 17.6 Å². The first kappa shape index (κ1) is 17.8. The monoisotopic (exact) mass is 367 g/mol. The van der Waals surface area contributed by atoms with Gasteiger partial charge in [-0.2, -0.15) is 0 Å². The van der Waals surface area contributed by atoms with Gasteiger partial charge in [0, 0.05) is 36.0 Å². The molecule has 1 saturated carbocycles. The maximum Gasteiger partial charge on any atom is 0.236 e. The van der Waals surface area contributed by atoms with Crippen molar-refractivity contribution in [1.82, 2.24) is 25.8 Å². The largest absolute Gasteiger partial charge is 0.368 e. The molecule has 4 rings (SSSR count). The van der Waals surface area contributed by atoms with Gasteiger partial charge in [-0.25, -0.2) is 15.4 Å². The number of carbonyl (C=O) groups is 1. The minimum absolute atomic E-state index is 0.191. The Balaban J connectivity index is 1.53. The molecule has 8 heteroatoms. The molecule has 142 valence electrons. The van der Waals surface area contributed by atoms with Crippen LogP contribution >= 0.6 is 0 Å². The number of nitrogens with two attached hydrogens (primary N) is 1.